The van der Waals surface area contributed by atoms with E-state index in [-0.39, 0.29) is 9.13 Å². The summed E-state index contributed by atoms with van der Waals surface area (Å²) in [4.78, 5) is 3.02. The topological polar surface area (TPSA) is 33.1 Å². The van der Waals surface area contributed by atoms with Gasteiger partial charge in [0.2, 0.25) is 5.95 Å². The molecule has 0 radical (unpaired) electrons. The van der Waals surface area contributed by atoms with E-state index in [0.717, 1.165) is 6.07 Å². The Hall–Kier alpha value is -0.370. The highest BCUT2D eigenvalue weighted by atomic mass is 127. The number of aliphatic hydroxyl groups is 1. The van der Waals surface area contributed by atoms with Gasteiger partial charge in [-0.1, -0.05) is 0 Å². The summed E-state index contributed by atoms with van der Waals surface area (Å²) in [5.74, 6) is -1.04. The van der Waals surface area contributed by atoms with Gasteiger partial charge in [0.05, 0.1) is 6.61 Å². The SMILES string of the molecule is OCc1c(I)cc(C(F)F)nc1F. The smallest absolute Gasteiger partial charge is 0.280 e. The molecule has 0 aliphatic heterocycles. The zero-order valence-electron chi connectivity index (χ0n) is 6.27. The third-order valence-electron chi connectivity index (χ3n) is 1.42. The van der Waals surface area contributed by atoms with Crippen LogP contribution in [0.5, 0.6) is 0 Å². The quantitative estimate of drug-likeness (QED) is 0.671. The van der Waals surface area contributed by atoms with E-state index in [1.165, 1.54) is 0 Å². The van der Waals surface area contributed by atoms with Crippen LogP contribution < -0.4 is 0 Å². The standard InChI is InChI=1S/C7H5F3INO/c8-6(9)5-1-4(11)3(2-13)7(10)12-5/h1,6,13H,2H2. The number of hydrogen-bond donors (Lipinski definition) is 1. The molecule has 0 atom stereocenters. The van der Waals surface area contributed by atoms with Gasteiger partial charge in [0.25, 0.3) is 6.43 Å². The molecule has 0 aliphatic carbocycles. The van der Waals surface area contributed by atoms with Crippen LogP contribution >= 0.6 is 22.6 Å². The molecule has 72 valence electrons. The number of halogens is 4. The van der Waals surface area contributed by atoms with Gasteiger partial charge in [0, 0.05) is 9.13 Å². The minimum Gasteiger partial charge on any atom is -0.391 e. The van der Waals surface area contributed by atoms with Gasteiger partial charge in [0.15, 0.2) is 0 Å². The van der Waals surface area contributed by atoms with Crippen molar-refractivity contribution in [2.45, 2.75) is 13.0 Å². The fourth-order valence-corrected chi connectivity index (χ4v) is 1.49. The molecule has 2 nitrogen and oxygen atoms in total. The van der Waals surface area contributed by atoms with Crippen molar-refractivity contribution in [2.24, 2.45) is 0 Å². The molecule has 6 heteroatoms. The maximum absolute atomic E-state index is 12.9. The zero-order chi connectivity index (χ0) is 10.0. The van der Waals surface area contributed by atoms with Crippen molar-refractivity contribution in [3.05, 3.63) is 26.8 Å². The van der Waals surface area contributed by atoms with Gasteiger partial charge in [-0.05, 0) is 28.7 Å². The predicted molar refractivity (Wildman–Crippen MR) is 47.8 cm³/mol. The molecule has 0 saturated heterocycles. The first-order valence-electron chi connectivity index (χ1n) is 3.30. The lowest BCUT2D eigenvalue weighted by atomic mass is 10.2. The largest absolute Gasteiger partial charge is 0.391 e. The van der Waals surface area contributed by atoms with Crippen LogP contribution in [0.4, 0.5) is 13.2 Å². The third kappa shape index (κ3) is 2.31. The van der Waals surface area contributed by atoms with Crippen molar-refractivity contribution < 1.29 is 18.3 Å². The highest BCUT2D eigenvalue weighted by Gasteiger charge is 2.15. The Bertz CT molecular complexity index is 296. The van der Waals surface area contributed by atoms with Crippen LogP contribution in [-0.2, 0) is 6.61 Å². The van der Waals surface area contributed by atoms with Crippen molar-refractivity contribution >= 4 is 22.6 Å². The molecule has 0 spiro atoms. The summed E-state index contributed by atoms with van der Waals surface area (Å²) < 4.78 is 37.3. The van der Waals surface area contributed by atoms with E-state index in [0.29, 0.717) is 0 Å². The molecule has 0 saturated carbocycles. The monoisotopic (exact) mass is 303 g/mol. The van der Waals surface area contributed by atoms with Crippen LogP contribution in [0.1, 0.15) is 17.7 Å². The van der Waals surface area contributed by atoms with Gasteiger partial charge in [-0.3, -0.25) is 0 Å². The molecule has 0 bridgehead atoms. The number of nitrogens with zero attached hydrogens (tertiary/aromatic N) is 1. The molecule has 0 aromatic carbocycles. The Labute approximate surface area is 85.9 Å². The van der Waals surface area contributed by atoms with E-state index >= 15 is 0 Å². The molecule has 1 aromatic rings. The Balaban J connectivity index is 3.20. The van der Waals surface area contributed by atoms with E-state index in [2.05, 4.69) is 4.98 Å². The molecular weight excluding hydrogens is 298 g/mol. The average Bonchev–Trinajstić information content (AvgIpc) is 2.03. The van der Waals surface area contributed by atoms with E-state index in [9.17, 15) is 13.2 Å². The molecule has 13 heavy (non-hydrogen) atoms. The van der Waals surface area contributed by atoms with Gasteiger partial charge in [-0.2, -0.15) is 4.39 Å². The highest BCUT2D eigenvalue weighted by Crippen LogP contribution is 2.22. The third-order valence-corrected chi connectivity index (χ3v) is 2.38. The fraction of sp³-hybridized carbons (Fsp3) is 0.286. The molecule has 0 aliphatic rings. The molecule has 1 rings (SSSR count). The highest BCUT2D eigenvalue weighted by molar-refractivity contribution is 14.1. The summed E-state index contributed by atoms with van der Waals surface area (Å²) in [7, 11) is 0. The van der Waals surface area contributed by atoms with Gasteiger partial charge in [-0.15, -0.1) is 0 Å². The minimum absolute atomic E-state index is 0.0509. The van der Waals surface area contributed by atoms with Crippen molar-refractivity contribution in [3.8, 4) is 0 Å². The summed E-state index contributed by atoms with van der Waals surface area (Å²) in [6.07, 6.45) is -2.80. The molecule has 0 amide bonds. The first kappa shape index (κ1) is 10.7. The van der Waals surface area contributed by atoms with Gasteiger partial charge in [0.1, 0.15) is 5.69 Å². The summed E-state index contributed by atoms with van der Waals surface area (Å²) in [5.41, 5.74) is -0.663. The van der Waals surface area contributed by atoms with Gasteiger partial charge < -0.3 is 5.11 Å². The first-order chi connectivity index (χ1) is 6.06. The van der Waals surface area contributed by atoms with E-state index in [1.807, 2.05) is 0 Å². The second-order valence-corrected chi connectivity index (χ2v) is 3.42. The van der Waals surface area contributed by atoms with Crippen molar-refractivity contribution in [1.82, 2.24) is 4.98 Å². The second kappa shape index (κ2) is 4.23. The number of rotatable bonds is 2. The number of alkyl halides is 2. The summed E-state index contributed by atoms with van der Waals surface area (Å²) in [6.45, 7) is -0.541. The van der Waals surface area contributed by atoms with Crippen LogP contribution in [0, 0.1) is 9.52 Å². The van der Waals surface area contributed by atoms with Crippen LogP contribution in [0.2, 0.25) is 0 Å². The normalized spacial score (nSPS) is 10.9. The molecule has 0 unspecified atom stereocenters. The first-order valence-corrected chi connectivity index (χ1v) is 4.38. The Morgan fingerprint density at radius 2 is 2.15 bits per heavy atom. The number of hydrogen-bond acceptors (Lipinski definition) is 2. The van der Waals surface area contributed by atoms with E-state index < -0.39 is 24.7 Å². The predicted octanol–water partition coefficient (Wildman–Crippen LogP) is 2.26. The minimum atomic E-state index is -2.80. The second-order valence-electron chi connectivity index (χ2n) is 2.26. The van der Waals surface area contributed by atoms with Gasteiger partial charge in [-0.25, -0.2) is 13.8 Å². The molecule has 1 heterocycles. The summed E-state index contributed by atoms with van der Waals surface area (Å²) in [6, 6.07) is 1.06. The Morgan fingerprint density at radius 3 is 2.54 bits per heavy atom. The van der Waals surface area contributed by atoms with Gasteiger partial charge >= 0.3 is 0 Å². The Morgan fingerprint density at radius 1 is 1.54 bits per heavy atom. The molecular formula is C7H5F3INO. The number of aliphatic hydroxyl groups excluding tert-OH is 1. The molecule has 1 aromatic heterocycles. The van der Waals surface area contributed by atoms with Crippen molar-refractivity contribution in [2.75, 3.05) is 0 Å². The summed E-state index contributed by atoms with van der Waals surface area (Å²) in [5, 5.41) is 8.66. The molecule has 1 N–H and O–H groups in total. The van der Waals surface area contributed by atoms with Crippen LogP contribution in [-0.4, -0.2) is 10.1 Å². The van der Waals surface area contributed by atoms with Crippen LogP contribution in [0.15, 0.2) is 6.07 Å². The Kier molecular flexibility index (Phi) is 3.48. The lowest BCUT2D eigenvalue weighted by molar-refractivity contribution is 0.144. The average molecular weight is 303 g/mol. The summed E-state index contributed by atoms with van der Waals surface area (Å²) >= 11 is 1.67. The van der Waals surface area contributed by atoms with Crippen LogP contribution in [0.3, 0.4) is 0 Å². The lowest BCUT2D eigenvalue weighted by Crippen LogP contribution is -2.02. The lowest BCUT2D eigenvalue weighted by Gasteiger charge is -2.04. The van der Waals surface area contributed by atoms with E-state index in [1.54, 1.807) is 22.6 Å². The van der Waals surface area contributed by atoms with Crippen molar-refractivity contribution in [1.29, 1.82) is 0 Å². The van der Waals surface area contributed by atoms with Crippen LogP contribution in [0.25, 0.3) is 0 Å². The number of pyridine rings is 1. The zero-order valence-corrected chi connectivity index (χ0v) is 8.43. The fourth-order valence-electron chi connectivity index (χ4n) is 0.781. The molecule has 0 fully saturated rings. The number of aromatic nitrogens is 1. The maximum Gasteiger partial charge on any atom is 0.280 e. The maximum atomic E-state index is 12.9. The van der Waals surface area contributed by atoms with E-state index in [4.69, 9.17) is 5.11 Å². The van der Waals surface area contributed by atoms with Crippen molar-refractivity contribution in [3.63, 3.8) is 0 Å².